The number of aryl methyl sites for hydroxylation is 1. The standard InChI is InChI=1S/C18H19NO2/c20-18(14-8-9-14)19-10-4-7-16-15(12-19)11-17(21-16)13-5-2-1-3-6-13/h1-3,5-6,11,14H,4,7-10,12H2. The monoisotopic (exact) mass is 281 g/mol. The van der Waals surface area contributed by atoms with Crippen LogP contribution in [0, 0.1) is 5.92 Å². The molecule has 2 aromatic rings. The van der Waals surface area contributed by atoms with Gasteiger partial charge in [-0.3, -0.25) is 4.79 Å². The van der Waals surface area contributed by atoms with Crippen LogP contribution in [0.4, 0.5) is 0 Å². The molecule has 4 rings (SSSR count). The number of amides is 1. The second-order valence-corrected chi connectivity index (χ2v) is 6.06. The molecule has 0 unspecified atom stereocenters. The molecule has 1 aromatic carbocycles. The van der Waals surface area contributed by atoms with Gasteiger partial charge < -0.3 is 9.32 Å². The Balaban J connectivity index is 1.61. The first kappa shape index (κ1) is 12.7. The molecule has 108 valence electrons. The van der Waals surface area contributed by atoms with Crippen molar-refractivity contribution in [2.24, 2.45) is 5.92 Å². The highest BCUT2D eigenvalue weighted by atomic mass is 16.3. The quantitative estimate of drug-likeness (QED) is 0.842. The number of rotatable bonds is 2. The molecule has 2 heterocycles. The minimum atomic E-state index is 0.298. The van der Waals surface area contributed by atoms with Gasteiger partial charge >= 0.3 is 0 Å². The van der Waals surface area contributed by atoms with Crippen molar-refractivity contribution in [3.8, 4) is 11.3 Å². The number of carbonyl (C=O) groups is 1. The van der Waals surface area contributed by atoms with Crippen LogP contribution in [0.5, 0.6) is 0 Å². The van der Waals surface area contributed by atoms with Crippen molar-refractivity contribution in [1.82, 2.24) is 4.90 Å². The molecule has 1 aliphatic heterocycles. The van der Waals surface area contributed by atoms with Gasteiger partial charge in [-0.1, -0.05) is 30.3 Å². The number of fused-ring (bicyclic) bond motifs is 1. The third kappa shape index (κ3) is 2.48. The Bertz CT molecular complexity index is 655. The predicted molar refractivity (Wildman–Crippen MR) is 80.6 cm³/mol. The van der Waals surface area contributed by atoms with Crippen LogP contribution >= 0.6 is 0 Å². The Morgan fingerprint density at radius 1 is 1.19 bits per heavy atom. The Hall–Kier alpha value is -2.03. The molecular weight excluding hydrogens is 262 g/mol. The summed E-state index contributed by atoms with van der Waals surface area (Å²) in [6, 6.07) is 12.3. The number of carbonyl (C=O) groups excluding carboxylic acids is 1. The van der Waals surface area contributed by atoms with E-state index in [1.165, 1.54) is 5.56 Å². The van der Waals surface area contributed by atoms with Crippen molar-refractivity contribution in [2.45, 2.75) is 32.2 Å². The number of benzene rings is 1. The molecule has 3 nitrogen and oxygen atoms in total. The van der Waals surface area contributed by atoms with Crippen molar-refractivity contribution < 1.29 is 9.21 Å². The summed E-state index contributed by atoms with van der Waals surface area (Å²) < 4.78 is 6.04. The molecule has 0 bridgehead atoms. The molecule has 1 fully saturated rings. The molecule has 3 heteroatoms. The van der Waals surface area contributed by atoms with E-state index in [0.29, 0.717) is 18.4 Å². The van der Waals surface area contributed by atoms with Crippen LogP contribution in [0.25, 0.3) is 11.3 Å². The molecule has 0 atom stereocenters. The third-order valence-electron chi connectivity index (χ3n) is 4.39. The van der Waals surface area contributed by atoms with Gasteiger partial charge in [0.1, 0.15) is 11.5 Å². The maximum absolute atomic E-state index is 12.3. The Kier molecular flexibility index (Phi) is 3.06. The number of hydrogen-bond acceptors (Lipinski definition) is 2. The Morgan fingerprint density at radius 3 is 2.76 bits per heavy atom. The van der Waals surface area contributed by atoms with Crippen molar-refractivity contribution in [2.75, 3.05) is 6.54 Å². The lowest BCUT2D eigenvalue weighted by molar-refractivity contribution is -0.133. The predicted octanol–water partition coefficient (Wildman–Crippen LogP) is 3.63. The molecule has 0 spiro atoms. The van der Waals surface area contributed by atoms with Gasteiger partial charge in [0.05, 0.1) is 0 Å². The Labute approximate surface area is 124 Å². The van der Waals surface area contributed by atoms with E-state index in [2.05, 4.69) is 18.2 Å². The van der Waals surface area contributed by atoms with Crippen molar-refractivity contribution in [3.05, 3.63) is 47.7 Å². The molecule has 1 saturated carbocycles. The van der Waals surface area contributed by atoms with Crippen molar-refractivity contribution in [3.63, 3.8) is 0 Å². The summed E-state index contributed by atoms with van der Waals surface area (Å²) in [6.07, 6.45) is 4.06. The van der Waals surface area contributed by atoms with E-state index in [1.807, 2.05) is 23.1 Å². The largest absolute Gasteiger partial charge is 0.461 e. The fraction of sp³-hybridized carbons (Fsp3) is 0.389. The zero-order chi connectivity index (χ0) is 14.2. The van der Waals surface area contributed by atoms with Gasteiger partial charge in [0, 0.05) is 36.6 Å². The van der Waals surface area contributed by atoms with E-state index in [9.17, 15) is 4.79 Å². The first-order valence-electron chi connectivity index (χ1n) is 7.77. The molecule has 1 amide bonds. The summed E-state index contributed by atoms with van der Waals surface area (Å²) in [6.45, 7) is 1.57. The van der Waals surface area contributed by atoms with Crippen LogP contribution in [-0.4, -0.2) is 17.4 Å². The molecule has 0 radical (unpaired) electrons. The maximum atomic E-state index is 12.3. The van der Waals surface area contributed by atoms with E-state index >= 15 is 0 Å². The highest BCUT2D eigenvalue weighted by Gasteiger charge is 2.34. The van der Waals surface area contributed by atoms with Gasteiger partial charge in [-0.2, -0.15) is 0 Å². The summed E-state index contributed by atoms with van der Waals surface area (Å²) in [5.74, 6) is 2.61. The summed E-state index contributed by atoms with van der Waals surface area (Å²) in [4.78, 5) is 14.3. The minimum absolute atomic E-state index is 0.298. The van der Waals surface area contributed by atoms with Gasteiger partial charge in [-0.25, -0.2) is 0 Å². The van der Waals surface area contributed by atoms with Gasteiger partial charge in [-0.05, 0) is 25.3 Å². The fourth-order valence-corrected chi connectivity index (χ4v) is 3.05. The average Bonchev–Trinajstić information content (AvgIpc) is 3.32. The fourth-order valence-electron chi connectivity index (χ4n) is 3.05. The average molecular weight is 281 g/mol. The second-order valence-electron chi connectivity index (χ2n) is 6.06. The van der Waals surface area contributed by atoms with E-state index in [4.69, 9.17) is 4.42 Å². The van der Waals surface area contributed by atoms with E-state index in [-0.39, 0.29) is 0 Å². The lowest BCUT2D eigenvalue weighted by Gasteiger charge is -2.20. The zero-order valence-electron chi connectivity index (χ0n) is 12.0. The minimum Gasteiger partial charge on any atom is -0.461 e. The van der Waals surface area contributed by atoms with Crippen LogP contribution in [-0.2, 0) is 17.8 Å². The van der Waals surface area contributed by atoms with Crippen LogP contribution in [0.15, 0.2) is 40.8 Å². The van der Waals surface area contributed by atoms with E-state index < -0.39 is 0 Å². The van der Waals surface area contributed by atoms with Crippen molar-refractivity contribution in [1.29, 1.82) is 0 Å². The van der Waals surface area contributed by atoms with Crippen LogP contribution in [0.3, 0.4) is 0 Å². The lowest BCUT2D eigenvalue weighted by atomic mass is 10.1. The molecule has 0 N–H and O–H groups in total. The van der Waals surface area contributed by atoms with Gasteiger partial charge in [-0.15, -0.1) is 0 Å². The number of hydrogen-bond donors (Lipinski definition) is 0. The lowest BCUT2D eigenvalue weighted by Crippen LogP contribution is -2.31. The van der Waals surface area contributed by atoms with Gasteiger partial charge in [0.2, 0.25) is 5.91 Å². The van der Waals surface area contributed by atoms with Crippen LogP contribution < -0.4 is 0 Å². The first-order chi connectivity index (χ1) is 10.3. The molecular formula is C18H19NO2. The summed E-state index contributed by atoms with van der Waals surface area (Å²) in [5.41, 5.74) is 2.28. The second kappa shape index (κ2) is 5.06. The number of furan rings is 1. The van der Waals surface area contributed by atoms with E-state index in [0.717, 1.165) is 49.3 Å². The summed E-state index contributed by atoms with van der Waals surface area (Å²) >= 11 is 0. The smallest absolute Gasteiger partial charge is 0.225 e. The summed E-state index contributed by atoms with van der Waals surface area (Å²) in [7, 11) is 0. The maximum Gasteiger partial charge on any atom is 0.225 e. The molecule has 2 aliphatic rings. The normalized spacial score (nSPS) is 18.2. The van der Waals surface area contributed by atoms with Gasteiger partial charge in [0.15, 0.2) is 0 Å². The molecule has 1 aromatic heterocycles. The van der Waals surface area contributed by atoms with Gasteiger partial charge in [0.25, 0.3) is 0 Å². The highest BCUT2D eigenvalue weighted by Crippen LogP contribution is 2.34. The highest BCUT2D eigenvalue weighted by molar-refractivity contribution is 5.81. The molecule has 1 aliphatic carbocycles. The van der Waals surface area contributed by atoms with Crippen molar-refractivity contribution >= 4 is 5.91 Å². The SMILES string of the molecule is O=C(C1CC1)N1CCCc2oc(-c3ccccc3)cc2C1. The number of nitrogens with zero attached hydrogens (tertiary/aromatic N) is 1. The molecule has 21 heavy (non-hydrogen) atoms. The Morgan fingerprint density at radius 2 is 2.00 bits per heavy atom. The van der Waals surface area contributed by atoms with Crippen LogP contribution in [0.1, 0.15) is 30.6 Å². The van der Waals surface area contributed by atoms with E-state index in [1.54, 1.807) is 0 Å². The zero-order valence-corrected chi connectivity index (χ0v) is 12.0. The topological polar surface area (TPSA) is 33.5 Å². The molecule has 0 saturated heterocycles. The third-order valence-corrected chi connectivity index (χ3v) is 4.39. The summed E-state index contributed by atoms with van der Waals surface area (Å²) in [5, 5.41) is 0. The van der Waals surface area contributed by atoms with Crippen LogP contribution in [0.2, 0.25) is 0 Å². The first-order valence-corrected chi connectivity index (χ1v) is 7.77.